The van der Waals surface area contributed by atoms with E-state index in [1.54, 1.807) is 72.9 Å². The highest BCUT2D eigenvalue weighted by molar-refractivity contribution is 8.00. The third-order valence-electron chi connectivity index (χ3n) is 5.55. The number of aromatic nitrogens is 1. The third kappa shape index (κ3) is 8.69. The molecule has 0 saturated carbocycles. The summed E-state index contributed by atoms with van der Waals surface area (Å²) in [7, 11) is 0. The van der Waals surface area contributed by atoms with Crippen LogP contribution in [0.3, 0.4) is 0 Å². The van der Waals surface area contributed by atoms with E-state index in [4.69, 9.17) is 11.6 Å². The summed E-state index contributed by atoms with van der Waals surface area (Å²) in [6.45, 7) is 0. The average molecular weight is 611 g/mol. The first-order valence-corrected chi connectivity index (χ1v) is 13.6. The Labute approximate surface area is 248 Å². The van der Waals surface area contributed by atoms with Crippen molar-refractivity contribution in [2.45, 2.75) is 11.1 Å². The molecule has 214 valence electrons. The smallest absolute Gasteiger partial charge is 0.325 e. The van der Waals surface area contributed by atoms with E-state index in [9.17, 15) is 27.6 Å². The molecule has 3 amide bonds. The number of carbonyl (C=O) groups excluding carboxylic acids is 3. The van der Waals surface area contributed by atoms with Crippen LogP contribution in [0.5, 0.6) is 0 Å². The first-order chi connectivity index (χ1) is 20.1. The van der Waals surface area contributed by atoms with Crippen molar-refractivity contribution >= 4 is 58.5 Å². The maximum Gasteiger partial charge on any atom is 0.418 e. The minimum atomic E-state index is -4.70. The fourth-order valence-electron chi connectivity index (χ4n) is 3.63. The van der Waals surface area contributed by atoms with Crippen molar-refractivity contribution in [3.05, 3.63) is 125 Å². The van der Waals surface area contributed by atoms with Crippen LogP contribution in [0.1, 0.15) is 21.5 Å². The van der Waals surface area contributed by atoms with Gasteiger partial charge in [-0.2, -0.15) is 13.2 Å². The van der Waals surface area contributed by atoms with E-state index in [2.05, 4.69) is 20.9 Å². The minimum Gasteiger partial charge on any atom is -0.325 e. The van der Waals surface area contributed by atoms with Gasteiger partial charge in [0.05, 0.1) is 17.0 Å². The number of carbonyl (C=O) groups is 3. The number of halogens is 4. The van der Waals surface area contributed by atoms with Crippen LogP contribution in [0.2, 0.25) is 5.02 Å². The summed E-state index contributed by atoms with van der Waals surface area (Å²) in [6.07, 6.45) is -0.101. The van der Waals surface area contributed by atoms with Crippen LogP contribution < -0.4 is 16.0 Å². The lowest BCUT2D eigenvalue weighted by Gasteiger charge is -2.14. The molecule has 7 nitrogen and oxygen atoms in total. The van der Waals surface area contributed by atoms with Crippen LogP contribution >= 0.6 is 23.4 Å². The predicted molar refractivity (Wildman–Crippen MR) is 157 cm³/mol. The monoisotopic (exact) mass is 610 g/mol. The molecule has 3 aromatic carbocycles. The van der Waals surface area contributed by atoms with Crippen LogP contribution in [-0.2, 0) is 15.8 Å². The van der Waals surface area contributed by atoms with Crippen LogP contribution in [0.4, 0.5) is 24.5 Å². The molecular formula is C30H22ClF3N4O3S. The topological polar surface area (TPSA) is 100 Å². The second kappa shape index (κ2) is 13.8. The molecule has 1 heterocycles. The van der Waals surface area contributed by atoms with E-state index in [1.165, 1.54) is 18.3 Å². The fraction of sp³-hybridized carbons (Fsp3) is 0.0667. The van der Waals surface area contributed by atoms with E-state index < -0.39 is 35.1 Å². The highest BCUT2D eigenvalue weighted by Gasteiger charge is 2.34. The molecule has 1 aromatic heterocycles. The Kier molecular flexibility index (Phi) is 10.00. The lowest BCUT2D eigenvalue weighted by Crippen LogP contribution is -2.30. The number of nitrogens with one attached hydrogen (secondary N) is 3. The van der Waals surface area contributed by atoms with E-state index in [0.29, 0.717) is 21.7 Å². The molecule has 0 unspecified atom stereocenters. The van der Waals surface area contributed by atoms with Gasteiger partial charge in [0.15, 0.2) is 0 Å². The Bertz CT molecular complexity index is 1620. The summed E-state index contributed by atoms with van der Waals surface area (Å²) >= 11 is 6.75. The van der Waals surface area contributed by atoms with Gasteiger partial charge in [0.2, 0.25) is 5.91 Å². The molecule has 0 radical (unpaired) electrons. The number of thioether (sulfide) groups is 1. The van der Waals surface area contributed by atoms with Crippen LogP contribution in [0.25, 0.3) is 6.08 Å². The summed E-state index contributed by atoms with van der Waals surface area (Å²) in [5.74, 6) is -1.94. The third-order valence-corrected chi connectivity index (χ3v) is 6.78. The van der Waals surface area contributed by atoms with Gasteiger partial charge in [0.1, 0.15) is 5.70 Å². The van der Waals surface area contributed by atoms with Gasteiger partial charge in [0, 0.05) is 33.6 Å². The molecule has 12 heteroatoms. The van der Waals surface area contributed by atoms with E-state index in [1.807, 2.05) is 0 Å². The van der Waals surface area contributed by atoms with Crippen LogP contribution in [0, 0.1) is 0 Å². The van der Waals surface area contributed by atoms with E-state index >= 15 is 0 Å². The number of amides is 3. The first kappa shape index (κ1) is 30.4. The Morgan fingerprint density at radius 1 is 0.905 bits per heavy atom. The van der Waals surface area contributed by atoms with E-state index in [0.717, 1.165) is 23.9 Å². The van der Waals surface area contributed by atoms with Gasteiger partial charge in [-0.15, -0.1) is 11.8 Å². The van der Waals surface area contributed by atoms with Gasteiger partial charge in [0.25, 0.3) is 11.8 Å². The molecule has 0 atom stereocenters. The van der Waals surface area contributed by atoms with Crippen molar-refractivity contribution in [2.75, 3.05) is 16.4 Å². The SMILES string of the molecule is O=C(CSc1cccc(NC(=O)/C(=C/c2cccnc2)NC(=O)c2ccccc2)c1)Nc1ccc(Cl)cc1C(F)(F)F. The summed E-state index contributed by atoms with van der Waals surface area (Å²) < 4.78 is 40.0. The molecule has 4 aromatic rings. The molecule has 0 aliphatic rings. The fourth-order valence-corrected chi connectivity index (χ4v) is 4.55. The molecule has 0 fully saturated rings. The van der Waals surface area contributed by atoms with Gasteiger partial charge >= 0.3 is 6.18 Å². The van der Waals surface area contributed by atoms with Gasteiger partial charge < -0.3 is 16.0 Å². The summed E-state index contributed by atoms with van der Waals surface area (Å²) in [6, 6.07) is 21.4. The van der Waals surface area contributed by atoms with Crippen LogP contribution in [0.15, 0.2) is 108 Å². The zero-order valence-electron chi connectivity index (χ0n) is 21.6. The molecule has 3 N–H and O–H groups in total. The molecule has 4 rings (SSSR count). The standard InChI is InChI=1S/C30H22ClF3N4O3S/c31-21-11-12-25(24(15-21)30(32,33)34)37-27(39)18-42-23-10-4-9-22(16-23)36-29(41)26(14-19-6-5-13-35-17-19)38-28(40)20-7-2-1-3-8-20/h1-17H,18H2,(H,36,41)(H,37,39)(H,38,40)/b26-14-. The van der Waals surface area contributed by atoms with Crippen LogP contribution in [-0.4, -0.2) is 28.5 Å². The van der Waals surface area contributed by atoms with Crippen molar-refractivity contribution in [3.8, 4) is 0 Å². The number of hydrogen-bond donors (Lipinski definition) is 3. The quantitative estimate of drug-likeness (QED) is 0.141. The second-order valence-corrected chi connectivity index (χ2v) is 10.2. The first-order valence-electron chi connectivity index (χ1n) is 12.3. The molecule has 0 spiro atoms. The normalized spacial score (nSPS) is 11.5. The van der Waals surface area contributed by atoms with Crippen molar-refractivity contribution in [1.82, 2.24) is 10.3 Å². The summed E-state index contributed by atoms with van der Waals surface area (Å²) in [4.78, 5) is 43.0. The molecule has 0 saturated heterocycles. The van der Waals surface area contributed by atoms with Gasteiger partial charge in [-0.25, -0.2) is 0 Å². The van der Waals surface area contributed by atoms with E-state index in [-0.39, 0.29) is 16.5 Å². The molecule has 42 heavy (non-hydrogen) atoms. The van der Waals surface area contributed by atoms with Crippen molar-refractivity contribution in [3.63, 3.8) is 0 Å². The summed E-state index contributed by atoms with van der Waals surface area (Å²) in [5.41, 5.74) is -0.163. The molecule has 0 bridgehead atoms. The highest BCUT2D eigenvalue weighted by atomic mass is 35.5. The number of anilines is 2. The molecule has 0 aliphatic carbocycles. The van der Waals surface area contributed by atoms with Crippen molar-refractivity contribution in [2.24, 2.45) is 0 Å². The Morgan fingerprint density at radius 2 is 1.69 bits per heavy atom. The lowest BCUT2D eigenvalue weighted by atomic mass is 10.1. The second-order valence-electron chi connectivity index (χ2n) is 8.67. The van der Waals surface area contributed by atoms with Gasteiger partial charge in [-0.1, -0.05) is 41.9 Å². The average Bonchev–Trinajstić information content (AvgIpc) is 2.97. The Morgan fingerprint density at radius 3 is 2.40 bits per heavy atom. The number of pyridine rings is 1. The maximum absolute atomic E-state index is 13.3. The number of benzene rings is 3. The maximum atomic E-state index is 13.3. The minimum absolute atomic E-state index is 0.0299. The zero-order chi connectivity index (χ0) is 30.1. The summed E-state index contributed by atoms with van der Waals surface area (Å²) in [5, 5.41) is 7.52. The molecule has 0 aliphatic heterocycles. The number of nitrogens with zero attached hydrogens (tertiary/aromatic N) is 1. The Hall–Kier alpha value is -4.61. The largest absolute Gasteiger partial charge is 0.418 e. The van der Waals surface area contributed by atoms with Gasteiger partial charge in [-0.05, 0) is 66.2 Å². The number of rotatable bonds is 9. The highest BCUT2D eigenvalue weighted by Crippen LogP contribution is 2.36. The van der Waals surface area contributed by atoms with Gasteiger partial charge in [-0.3, -0.25) is 19.4 Å². The Balaban J connectivity index is 1.44. The van der Waals surface area contributed by atoms with Crippen molar-refractivity contribution < 1.29 is 27.6 Å². The number of alkyl halides is 3. The number of hydrogen-bond acceptors (Lipinski definition) is 5. The zero-order valence-corrected chi connectivity index (χ0v) is 23.2. The predicted octanol–water partition coefficient (Wildman–Crippen LogP) is 6.89. The molecular weight excluding hydrogens is 589 g/mol. The lowest BCUT2D eigenvalue weighted by molar-refractivity contribution is -0.137. The van der Waals surface area contributed by atoms with Crippen molar-refractivity contribution in [1.29, 1.82) is 0 Å².